The highest BCUT2D eigenvalue weighted by atomic mass is 79.9. The number of alkyl halides is 2. The molecule has 0 heterocycles. The van der Waals surface area contributed by atoms with Gasteiger partial charge in [-0.3, -0.25) is 0 Å². The Morgan fingerprint density at radius 2 is 1.55 bits per heavy atom. The molecule has 0 aromatic rings. The molecule has 2 heteroatoms. The van der Waals surface area contributed by atoms with Crippen molar-refractivity contribution in [3.05, 3.63) is 0 Å². The van der Waals surface area contributed by atoms with Gasteiger partial charge in [0.1, 0.15) is 0 Å². The van der Waals surface area contributed by atoms with Crippen LogP contribution in [0.25, 0.3) is 0 Å². The van der Waals surface area contributed by atoms with Crippen molar-refractivity contribution < 1.29 is 0 Å². The quantitative estimate of drug-likeness (QED) is 0.311. The Hall–Kier alpha value is 0.960. The first-order valence-electron chi connectivity index (χ1n) is 13.0. The van der Waals surface area contributed by atoms with Crippen LogP contribution in [0.5, 0.6) is 0 Å². The van der Waals surface area contributed by atoms with Gasteiger partial charge in [-0.25, -0.2) is 0 Å². The van der Waals surface area contributed by atoms with E-state index in [1.54, 1.807) is 0 Å². The van der Waals surface area contributed by atoms with Crippen molar-refractivity contribution in [3.63, 3.8) is 0 Å². The monoisotopic (exact) mass is 528 g/mol. The summed E-state index contributed by atoms with van der Waals surface area (Å²) in [7, 11) is 0. The molecule has 4 fully saturated rings. The number of halogens is 2. The summed E-state index contributed by atoms with van der Waals surface area (Å²) in [6, 6.07) is 0. The summed E-state index contributed by atoms with van der Waals surface area (Å²) in [4.78, 5) is 1.34. The molecule has 29 heavy (non-hydrogen) atoms. The standard InChI is InChI=1S/C27H46Br2/c1-17(2)7-6-8-18(3)21-12-13-22-20-11-9-19-10-14-24(28)25(29)27(19,5)23(20)15-16-26(21,22)4/h17-25H,6-16H2,1-5H3/t18-,19+,20+,21+,22-,23-,24+,25+,26+,27+/m1/s1. The lowest BCUT2D eigenvalue weighted by Crippen LogP contribution is -2.58. The summed E-state index contributed by atoms with van der Waals surface area (Å²) in [5, 5.41) is 0. The van der Waals surface area contributed by atoms with Crippen LogP contribution in [0.2, 0.25) is 0 Å². The lowest BCUT2D eigenvalue weighted by Gasteiger charge is -2.63. The molecule has 0 radical (unpaired) electrons. The zero-order valence-corrected chi connectivity index (χ0v) is 22.9. The Bertz CT molecular complexity index is 569. The van der Waals surface area contributed by atoms with Crippen molar-refractivity contribution in [2.24, 2.45) is 52.3 Å². The molecular formula is C27H46Br2. The number of hydrogen-bond acceptors (Lipinski definition) is 0. The molecule has 0 bridgehead atoms. The van der Waals surface area contributed by atoms with Gasteiger partial charge in [-0.2, -0.15) is 0 Å². The van der Waals surface area contributed by atoms with Crippen molar-refractivity contribution in [3.8, 4) is 0 Å². The summed E-state index contributed by atoms with van der Waals surface area (Å²) in [5.41, 5.74) is 1.14. The Labute approximate surface area is 198 Å². The van der Waals surface area contributed by atoms with E-state index in [1.807, 2.05) is 0 Å². The van der Waals surface area contributed by atoms with Crippen LogP contribution in [0.1, 0.15) is 105 Å². The van der Waals surface area contributed by atoms with Gasteiger partial charge in [0.25, 0.3) is 0 Å². The smallest absolute Gasteiger partial charge is 0.0330 e. The van der Waals surface area contributed by atoms with Gasteiger partial charge in [0, 0.05) is 9.65 Å². The van der Waals surface area contributed by atoms with Crippen LogP contribution in [0.4, 0.5) is 0 Å². The topological polar surface area (TPSA) is 0 Å². The van der Waals surface area contributed by atoms with E-state index in [9.17, 15) is 0 Å². The van der Waals surface area contributed by atoms with Gasteiger partial charge in [-0.15, -0.1) is 0 Å². The highest BCUT2D eigenvalue weighted by Crippen LogP contribution is 2.69. The lowest BCUT2D eigenvalue weighted by molar-refractivity contribution is -0.109. The molecule has 4 aliphatic rings. The molecule has 0 aliphatic heterocycles. The SMILES string of the molecule is CC(C)CCC[C@@H](C)[C@@H]1CC[C@@H]2[C@@H]3CC[C@H]4CC[C@H](Br)[C@H](Br)[C@]4(C)[C@@H]3CC[C@]21C. The van der Waals surface area contributed by atoms with E-state index in [4.69, 9.17) is 0 Å². The van der Waals surface area contributed by atoms with Crippen LogP contribution in [-0.4, -0.2) is 9.65 Å². The number of fused-ring (bicyclic) bond motifs is 5. The number of hydrogen-bond donors (Lipinski definition) is 0. The fourth-order valence-corrected chi connectivity index (χ4v) is 11.1. The van der Waals surface area contributed by atoms with E-state index in [1.165, 1.54) is 70.6 Å². The van der Waals surface area contributed by atoms with E-state index in [-0.39, 0.29) is 0 Å². The van der Waals surface area contributed by atoms with Crippen molar-refractivity contribution in [2.75, 3.05) is 0 Å². The molecule has 0 unspecified atom stereocenters. The first kappa shape index (κ1) is 23.1. The zero-order chi connectivity index (χ0) is 21.0. The Morgan fingerprint density at radius 3 is 2.28 bits per heavy atom. The molecule has 4 saturated carbocycles. The fraction of sp³-hybridized carbons (Fsp3) is 1.00. The molecule has 0 saturated heterocycles. The largest absolute Gasteiger partial charge is 0.0878 e. The molecule has 0 nitrogen and oxygen atoms in total. The maximum absolute atomic E-state index is 4.23. The van der Waals surface area contributed by atoms with E-state index >= 15 is 0 Å². The van der Waals surface area contributed by atoms with Crippen molar-refractivity contribution in [2.45, 2.75) is 115 Å². The van der Waals surface area contributed by atoms with Gasteiger partial charge in [-0.1, -0.05) is 85.7 Å². The summed E-state index contributed by atoms with van der Waals surface area (Å²) < 4.78 is 0. The van der Waals surface area contributed by atoms with Crippen LogP contribution in [0.15, 0.2) is 0 Å². The maximum Gasteiger partial charge on any atom is 0.0330 e. The third kappa shape index (κ3) is 3.85. The van der Waals surface area contributed by atoms with Gasteiger partial charge >= 0.3 is 0 Å². The molecule has 0 aromatic heterocycles. The van der Waals surface area contributed by atoms with Gasteiger partial charge in [0.05, 0.1) is 0 Å². The second-order valence-electron chi connectivity index (χ2n) is 12.5. The minimum atomic E-state index is 0.512. The van der Waals surface area contributed by atoms with E-state index in [0.29, 0.717) is 20.5 Å². The van der Waals surface area contributed by atoms with Crippen LogP contribution < -0.4 is 0 Å². The van der Waals surface area contributed by atoms with E-state index < -0.39 is 0 Å². The third-order valence-corrected chi connectivity index (χ3v) is 14.2. The minimum absolute atomic E-state index is 0.512. The number of rotatable bonds is 5. The van der Waals surface area contributed by atoms with E-state index in [0.717, 1.165) is 41.4 Å². The van der Waals surface area contributed by atoms with Crippen LogP contribution >= 0.6 is 31.9 Å². The average molecular weight is 530 g/mol. The maximum atomic E-state index is 4.23. The summed E-state index contributed by atoms with van der Waals surface area (Å²) in [6.07, 6.45) is 16.2. The predicted octanol–water partition coefficient (Wildman–Crippen LogP) is 9.24. The zero-order valence-electron chi connectivity index (χ0n) is 19.7. The highest BCUT2D eigenvalue weighted by molar-refractivity contribution is 9.12. The van der Waals surface area contributed by atoms with Gasteiger partial charge in [0.2, 0.25) is 0 Å². The second-order valence-corrected chi connectivity index (χ2v) is 14.7. The Kier molecular flexibility index (Phi) is 6.95. The first-order chi connectivity index (χ1) is 13.7. The molecule has 168 valence electrons. The lowest BCUT2D eigenvalue weighted by atomic mass is 9.44. The molecule has 0 amide bonds. The fourth-order valence-electron chi connectivity index (χ4n) is 9.28. The van der Waals surface area contributed by atoms with Crippen molar-refractivity contribution in [1.29, 1.82) is 0 Å². The normalized spacial score (nSPS) is 50.7. The Balaban J connectivity index is 1.50. The van der Waals surface area contributed by atoms with Gasteiger partial charge in [0.15, 0.2) is 0 Å². The third-order valence-electron chi connectivity index (χ3n) is 10.9. The van der Waals surface area contributed by atoms with Crippen molar-refractivity contribution >= 4 is 31.9 Å². The predicted molar refractivity (Wildman–Crippen MR) is 134 cm³/mol. The highest BCUT2D eigenvalue weighted by Gasteiger charge is 2.62. The van der Waals surface area contributed by atoms with Crippen LogP contribution in [-0.2, 0) is 0 Å². The molecule has 4 aliphatic carbocycles. The molecule has 0 aromatic carbocycles. The molecular weight excluding hydrogens is 484 g/mol. The second kappa shape index (κ2) is 8.72. The van der Waals surface area contributed by atoms with Gasteiger partial charge in [-0.05, 0) is 104 Å². The van der Waals surface area contributed by atoms with Crippen LogP contribution in [0, 0.1) is 52.3 Å². The average Bonchev–Trinajstić information content (AvgIpc) is 3.02. The molecule has 0 N–H and O–H groups in total. The summed E-state index contributed by atoms with van der Waals surface area (Å²) >= 11 is 8.28. The molecule has 10 atom stereocenters. The molecule has 0 spiro atoms. The summed E-state index contributed by atoms with van der Waals surface area (Å²) in [6.45, 7) is 12.8. The van der Waals surface area contributed by atoms with Crippen molar-refractivity contribution in [1.82, 2.24) is 0 Å². The first-order valence-corrected chi connectivity index (χ1v) is 14.8. The summed E-state index contributed by atoms with van der Waals surface area (Å²) in [5.74, 6) is 6.70. The Morgan fingerprint density at radius 1 is 0.828 bits per heavy atom. The molecule has 4 rings (SSSR count). The van der Waals surface area contributed by atoms with Crippen LogP contribution in [0.3, 0.4) is 0 Å². The minimum Gasteiger partial charge on any atom is -0.0878 e. The van der Waals surface area contributed by atoms with Gasteiger partial charge < -0.3 is 0 Å². The van der Waals surface area contributed by atoms with E-state index in [2.05, 4.69) is 66.5 Å².